The highest BCUT2D eigenvalue weighted by Crippen LogP contribution is 2.25. The van der Waals surface area contributed by atoms with Crippen LogP contribution in [0.5, 0.6) is 0 Å². The molecule has 0 saturated carbocycles. The Morgan fingerprint density at radius 1 is 1.03 bits per heavy atom. The highest BCUT2D eigenvalue weighted by atomic mass is 16.3. The quantitative estimate of drug-likeness (QED) is 0.518. The van der Waals surface area contributed by atoms with Crippen LogP contribution in [0.25, 0.3) is 22.4 Å². The number of fused-ring (bicyclic) bond motifs is 1. The van der Waals surface area contributed by atoms with Crippen LogP contribution in [0.3, 0.4) is 0 Å². The highest BCUT2D eigenvalue weighted by Gasteiger charge is 2.25. The first-order chi connectivity index (χ1) is 14.6. The molecule has 1 aliphatic rings. The summed E-state index contributed by atoms with van der Waals surface area (Å²) in [5, 5.41) is 5.25. The zero-order valence-corrected chi connectivity index (χ0v) is 16.8. The number of piperazine rings is 1. The number of hydrogen-bond acceptors (Lipinski definition) is 7. The third kappa shape index (κ3) is 3.18. The van der Waals surface area contributed by atoms with E-state index in [1.165, 1.54) is 6.39 Å². The number of anilines is 1. The molecule has 5 rings (SSSR count). The molecule has 0 atom stereocenters. The summed E-state index contributed by atoms with van der Waals surface area (Å²) in [4.78, 5) is 30.1. The minimum absolute atomic E-state index is 0.0316. The Bertz CT molecular complexity index is 1190. The van der Waals surface area contributed by atoms with Crippen LogP contribution in [-0.2, 0) is 7.05 Å². The van der Waals surface area contributed by atoms with Crippen molar-refractivity contribution in [1.29, 1.82) is 0 Å². The monoisotopic (exact) mass is 403 g/mol. The summed E-state index contributed by atoms with van der Waals surface area (Å²) in [5.74, 6) is 2.31. The van der Waals surface area contributed by atoms with Gasteiger partial charge in [0.25, 0.3) is 5.91 Å². The third-order valence-electron chi connectivity index (χ3n) is 5.40. The van der Waals surface area contributed by atoms with E-state index in [-0.39, 0.29) is 5.91 Å². The van der Waals surface area contributed by atoms with Crippen LogP contribution in [-0.4, -0.2) is 61.7 Å². The van der Waals surface area contributed by atoms with Gasteiger partial charge < -0.3 is 14.2 Å². The Morgan fingerprint density at radius 2 is 1.80 bits per heavy atom. The van der Waals surface area contributed by atoms with E-state index in [2.05, 4.69) is 25.0 Å². The van der Waals surface area contributed by atoms with Gasteiger partial charge in [0.15, 0.2) is 17.8 Å². The fourth-order valence-corrected chi connectivity index (χ4v) is 3.79. The van der Waals surface area contributed by atoms with Crippen LogP contribution in [0.15, 0.2) is 47.5 Å². The zero-order chi connectivity index (χ0) is 20.7. The summed E-state index contributed by atoms with van der Waals surface area (Å²) in [5.41, 5.74) is 2.38. The van der Waals surface area contributed by atoms with Gasteiger partial charge in [-0.05, 0) is 19.1 Å². The Kier molecular flexibility index (Phi) is 4.42. The zero-order valence-electron chi connectivity index (χ0n) is 16.8. The van der Waals surface area contributed by atoms with Gasteiger partial charge in [0.1, 0.15) is 11.6 Å². The van der Waals surface area contributed by atoms with Gasteiger partial charge >= 0.3 is 0 Å². The van der Waals surface area contributed by atoms with Crippen molar-refractivity contribution in [3.05, 3.63) is 54.4 Å². The molecule has 4 aromatic rings. The van der Waals surface area contributed by atoms with Crippen LogP contribution in [0.2, 0.25) is 0 Å². The fourth-order valence-electron chi connectivity index (χ4n) is 3.79. The molecule has 1 amide bonds. The van der Waals surface area contributed by atoms with Crippen LogP contribution < -0.4 is 4.90 Å². The number of amides is 1. The van der Waals surface area contributed by atoms with E-state index >= 15 is 0 Å². The molecule has 3 aromatic heterocycles. The standard InChI is InChI=1S/C21H21N7O2/c1-14-24-19-17(11-23-26(19)2)20(25-14)27-7-9-28(10-8-27)21(29)16-5-3-15(4-6-16)18-12-22-13-30-18/h3-6,11-13H,7-10H2,1-2H3. The number of aryl methyl sites for hydroxylation is 2. The number of rotatable bonds is 3. The topological polar surface area (TPSA) is 93.2 Å². The largest absolute Gasteiger partial charge is 0.444 e. The number of carbonyl (C=O) groups is 1. The van der Waals surface area contributed by atoms with Crippen molar-refractivity contribution in [2.24, 2.45) is 7.05 Å². The lowest BCUT2D eigenvalue weighted by Gasteiger charge is -2.35. The van der Waals surface area contributed by atoms with Crippen LogP contribution >= 0.6 is 0 Å². The lowest BCUT2D eigenvalue weighted by atomic mass is 10.1. The molecule has 1 aliphatic heterocycles. The number of aromatic nitrogens is 5. The van der Waals surface area contributed by atoms with Crippen LogP contribution in [0.1, 0.15) is 16.2 Å². The van der Waals surface area contributed by atoms with E-state index < -0.39 is 0 Å². The second-order valence-electron chi connectivity index (χ2n) is 7.32. The molecule has 1 aromatic carbocycles. The minimum atomic E-state index is 0.0316. The van der Waals surface area contributed by atoms with E-state index in [9.17, 15) is 4.79 Å². The van der Waals surface area contributed by atoms with E-state index in [0.717, 1.165) is 22.4 Å². The smallest absolute Gasteiger partial charge is 0.253 e. The first-order valence-electron chi connectivity index (χ1n) is 9.79. The number of hydrogen-bond donors (Lipinski definition) is 0. The molecule has 4 heterocycles. The molecule has 30 heavy (non-hydrogen) atoms. The molecule has 9 heteroatoms. The summed E-state index contributed by atoms with van der Waals surface area (Å²) in [7, 11) is 1.88. The maximum Gasteiger partial charge on any atom is 0.253 e. The van der Waals surface area contributed by atoms with Gasteiger partial charge in [0.2, 0.25) is 0 Å². The summed E-state index contributed by atoms with van der Waals surface area (Å²) in [6, 6.07) is 7.43. The van der Waals surface area contributed by atoms with Gasteiger partial charge in [-0.25, -0.2) is 15.0 Å². The molecule has 0 unspecified atom stereocenters. The van der Waals surface area contributed by atoms with Crippen molar-refractivity contribution >= 4 is 22.8 Å². The number of oxazole rings is 1. The van der Waals surface area contributed by atoms with E-state index in [4.69, 9.17) is 4.42 Å². The van der Waals surface area contributed by atoms with Crippen LogP contribution in [0.4, 0.5) is 5.82 Å². The Labute approximate surface area is 173 Å². The lowest BCUT2D eigenvalue weighted by Crippen LogP contribution is -2.49. The van der Waals surface area contributed by atoms with E-state index in [1.807, 2.05) is 43.1 Å². The Hall–Kier alpha value is -3.75. The number of benzene rings is 1. The predicted molar refractivity (Wildman–Crippen MR) is 111 cm³/mol. The van der Waals surface area contributed by atoms with Gasteiger partial charge in [-0.3, -0.25) is 9.48 Å². The lowest BCUT2D eigenvalue weighted by molar-refractivity contribution is 0.0746. The van der Waals surface area contributed by atoms with Gasteiger partial charge in [0.05, 0.1) is 17.8 Å². The second-order valence-corrected chi connectivity index (χ2v) is 7.32. The first-order valence-corrected chi connectivity index (χ1v) is 9.79. The Morgan fingerprint density at radius 3 is 2.50 bits per heavy atom. The van der Waals surface area contributed by atoms with Gasteiger partial charge in [-0.1, -0.05) is 12.1 Å². The third-order valence-corrected chi connectivity index (χ3v) is 5.40. The Balaban J connectivity index is 1.30. The number of nitrogens with zero attached hydrogens (tertiary/aromatic N) is 7. The molecule has 0 radical (unpaired) electrons. The molecule has 0 N–H and O–H groups in total. The molecule has 0 aliphatic carbocycles. The van der Waals surface area contributed by atoms with E-state index in [1.54, 1.807) is 17.1 Å². The molecule has 9 nitrogen and oxygen atoms in total. The molecule has 0 spiro atoms. The van der Waals surface area contributed by atoms with Crippen molar-refractivity contribution in [3.63, 3.8) is 0 Å². The van der Waals surface area contributed by atoms with Crippen molar-refractivity contribution in [1.82, 2.24) is 29.6 Å². The van der Waals surface area contributed by atoms with Crippen molar-refractivity contribution in [3.8, 4) is 11.3 Å². The predicted octanol–water partition coefficient (Wildman–Crippen LogP) is 2.29. The van der Waals surface area contributed by atoms with Gasteiger partial charge in [-0.15, -0.1) is 0 Å². The first kappa shape index (κ1) is 18.3. The number of carbonyl (C=O) groups excluding carboxylic acids is 1. The summed E-state index contributed by atoms with van der Waals surface area (Å²) >= 11 is 0. The average Bonchev–Trinajstić information content (AvgIpc) is 3.44. The normalized spacial score (nSPS) is 14.5. The molecule has 0 bridgehead atoms. The molecule has 152 valence electrons. The molecule has 1 fully saturated rings. The minimum Gasteiger partial charge on any atom is -0.444 e. The molecule has 1 saturated heterocycles. The summed E-state index contributed by atoms with van der Waals surface area (Å²) < 4.78 is 7.06. The van der Waals surface area contributed by atoms with Gasteiger partial charge in [-0.2, -0.15) is 5.10 Å². The van der Waals surface area contributed by atoms with Crippen molar-refractivity contribution in [2.75, 3.05) is 31.1 Å². The molecular formula is C21H21N7O2. The summed E-state index contributed by atoms with van der Waals surface area (Å²) in [6.07, 6.45) is 4.86. The van der Waals surface area contributed by atoms with Gasteiger partial charge in [0, 0.05) is 44.4 Å². The van der Waals surface area contributed by atoms with Crippen molar-refractivity contribution in [2.45, 2.75) is 6.92 Å². The van der Waals surface area contributed by atoms with Crippen LogP contribution in [0, 0.1) is 6.92 Å². The maximum absolute atomic E-state index is 12.9. The average molecular weight is 403 g/mol. The highest BCUT2D eigenvalue weighted by molar-refractivity contribution is 5.95. The van der Waals surface area contributed by atoms with Crippen molar-refractivity contribution < 1.29 is 9.21 Å². The maximum atomic E-state index is 12.9. The second kappa shape index (κ2) is 7.25. The summed E-state index contributed by atoms with van der Waals surface area (Å²) in [6.45, 7) is 4.57. The SMILES string of the molecule is Cc1nc(N2CCN(C(=O)c3ccc(-c4cnco4)cc3)CC2)c2cnn(C)c2n1. The molecular weight excluding hydrogens is 382 g/mol. The van der Waals surface area contributed by atoms with E-state index in [0.29, 0.717) is 43.3 Å². The fraction of sp³-hybridized carbons (Fsp3) is 0.286.